The molecular formula is C10H22BrO3P. The van der Waals surface area contributed by atoms with E-state index in [2.05, 4.69) is 22.4 Å². The van der Waals surface area contributed by atoms with Gasteiger partial charge in [0.2, 0.25) is 0 Å². The van der Waals surface area contributed by atoms with Gasteiger partial charge < -0.3 is 9.42 Å². The second-order valence-electron chi connectivity index (χ2n) is 3.76. The molecule has 0 aromatic heterocycles. The molecule has 0 spiro atoms. The van der Waals surface area contributed by atoms with Crippen LogP contribution >= 0.6 is 21.8 Å². The molecule has 0 bridgehead atoms. The van der Waals surface area contributed by atoms with Gasteiger partial charge in [-0.15, -0.1) is 0 Å². The van der Waals surface area contributed by atoms with Crippen LogP contribution in [0.1, 0.15) is 58.3 Å². The Balaban J connectivity index is 3.02. The minimum atomic E-state index is -3.42. The first-order valence-corrected chi connectivity index (χ1v) is 9.33. The maximum atomic E-state index is 10.7. The number of hydrogen-bond acceptors (Lipinski definition) is 2. The van der Waals surface area contributed by atoms with E-state index in [0.29, 0.717) is 6.61 Å². The number of rotatable bonds is 10. The minimum absolute atomic E-state index is 0.369. The van der Waals surface area contributed by atoms with Crippen LogP contribution in [0.3, 0.4) is 0 Å². The summed E-state index contributed by atoms with van der Waals surface area (Å²) in [6.45, 7) is 2.58. The van der Waals surface area contributed by atoms with Crippen molar-refractivity contribution in [3.63, 3.8) is 0 Å². The standard InChI is InChI=1S/C10H22BrO3P/c1-2-3-4-5-6-7-8-9-10-14-15(11,12)13/h2-10H2,1H3,(H,12,13). The molecule has 15 heavy (non-hydrogen) atoms. The van der Waals surface area contributed by atoms with Crippen molar-refractivity contribution in [3.05, 3.63) is 0 Å². The molecule has 0 fully saturated rings. The zero-order chi connectivity index (χ0) is 11.6. The quantitative estimate of drug-likeness (QED) is 0.472. The average molecular weight is 301 g/mol. The maximum absolute atomic E-state index is 10.7. The first-order chi connectivity index (χ1) is 7.06. The van der Waals surface area contributed by atoms with Crippen LogP contribution in [0.4, 0.5) is 0 Å². The first kappa shape index (κ1) is 15.6. The Hall–Kier alpha value is 0.630. The molecule has 0 aromatic rings. The van der Waals surface area contributed by atoms with Gasteiger partial charge in [-0.05, 0) is 6.42 Å². The molecule has 0 saturated heterocycles. The molecule has 92 valence electrons. The van der Waals surface area contributed by atoms with Crippen LogP contribution in [0.5, 0.6) is 0 Å². The summed E-state index contributed by atoms with van der Waals surface area (Å²) in [6, 6.07) is 0. The highest BCUT2D eigenvalue weighted by molar-refractivity contribution is 9.39. The molecule has 0 rings (SSSR count). The number of halogens is 1. The fraction of sp³-hybridized carbons (Fsp3) is 1.00. The van der Waals surface area contributed by atoms with E-state index in [1.54, 1.807) is 0 Å². The lowest BCUT2D eigenvalue weighted by Gasteiger charge is -2.04. The summed E-state index contributed by atoms with van der Waals surface area (Å²) in [6.07, 6.45) is 6.25. The van der Waals surface area contributed by atoms with Crippen LogP contribution in [0.15, 0.2) is 0 Å². The van der Waals surface area contributed by atoms with Gasteiger partial charge in [-0.25, -0.2) is 4.57 Å². The fourth-order valence-electron chi connectivity index (χ4n) is 1.41. The molecule has 1 atom stereocenters. The van der Waals surface area contributed by atoms with Crippen LogP contribution < -0.4 is 0 Å². The van der Waals surface area contributed by atoms with Crippen molar-refractivity contribution < 1.29 is 14.0 Å². The van der Waals surface area contributed by atoms with Crippen molar-refractivity contribution in [1.82, 2.24) is 0 Å². The lowest BCUT2D eigenvalue weighted by atomic mass is 10.1. The average Bonchev–Trinajstić information content (AvgIpc) is 2.14. The second-order valence-corrected chi connectivity index (χ2v) is 7.61. The predicted molar refractivity (Wildman–Crippen MR) is 67.3 cm³/mol. The van der Waals surface area contributed by atoms with Crippen molar-refractivity contribution in [2.75, 3.05) is 6.61 Å². The maximum Gasteiger partial charge on any atom is 0.393 e. The molecule has 0 amide bonds. The van der Waals surface area contributed by atoms with E-state index in [1.807, 2.05) is 0 Å². The zero-order valence-corrected chi connectivity index (χ0v) is 11.9. The topological polar surface area (TPSA) is 46.5 Å². The number of unbranched alkanes of at least 4 members (excludes halogenated alkanes) is 7. The third-order valence-electron chi connectivity index (χ3n) is 2.25. The molecule has 0 aliphatic heterocycles. The third-order valence-corrected chi connectivity index (χ3v) is 3.36. The van der Waals surface area contributed by atoms with Crippen LogP contribution in [0.25, 0.3) is 0 Å². The second kappa shape index (κ2) is 9.83. The summed E-state index contributed by atoms with van der Waals surface area (Å²) >= 11 is 2.58. The van der Waals surface area contributed by atoms with Crippen LogP contribution in [-0.4, -0.2) is 11.5 Å². The molecule has 1 unspecified atom stereocenters. The lowest BCUT2D eigenvalue weighted by molar-refractivity contribution is 0.269. The summed E-state index contributed by atoms with van der Waals surface area (Å²) in [4.78, 5) is 8.77. The Morgan fingerprint density at radius 1 is 1.07 bits per heavy atom. The highest BCUT2D eigenvalue weighted by atomic mass is 79.9. The smallest absolute Gasteiger partial charge is 0.316 e. The van der Waals surface area contributed by atoms with E-state index < -0.39 is 6.30 Å². The first-order valence-electron chi connectivity index (χ1n) is 5.73. The Labute approximate surface area is 101 Å². The third kappa shape index (κ3) is 14.6. The lowest BCUT2D eigenvalue weighted by Crippen LogP contribution is -1.89. The molecule has 1 N–H and O–H groups in total. The van der Waals surface area contributed by atoms with Gasteiger partial charge in [0.25, 0.3) is 0 Å². The molecule has 0 aliphatic carbocycles. The normalized spacial score (nSPS) is 15.1. The summed E-state index contributed by atoms with van der Waals surface area (Å²) in [5.74, 6) is 0. The summed E-state index contributed by atoms with van der Waals surface area (Å²) in [7, 11) is 0. The predicted octanol–water partition coefficient (Wildman–Crippen LogP) is 4.64. The molecule has 0 aromatic carbocycles. The van der Waals surface area contributed by atoms with Crippen LogP contribution in [-0.2, 0) is 9.09 Å². The fourth-order valence-corrected chi connectivity index (χ4v) is 2.20. The Morgan fingerprint density at radius 2 is 1.53 bits per heavy atom. The molecular weight excluding hydrogens is 279 g/mol. The van der Waals surface area contributed by atoms with Crippen LogP contribution in [0, 0.1) is 0 Å². The van der Waals surface area contributed by atoms with Crippen molar-refractivity contribution in [2.24, 2.45) is 0 Å². The van der Waals surface area contributed by atoms with Crippen molar-refractivity contribution in [1.29, 1.82) is 0 Å². The summed E-state index contributed by atoms with van der Waals surface area (Å²) in [5, 5.41) is 0. The van der Waals surface area contributed by atoms with Gasteiger partial charge in [0, 0.05) is 15.5 Å². The molecule has 0 heterocycles. The zero-order valence-electron chi connectivity index (χ0n) is 9.45. The Morgan fingerprint density at radius 3 is 2.00 bits per heavy atom. The van der Waals surface area contributed by atoms with Crippen molar-refractivity contribution in [2.45, 2.75) is 58.3 Å². The minimum Gasteiger partial charge on any atom is -0.316 e. The highest BCUT2D eigenvalue weighted by Gasteiger charge is 2.11. The van der Waals surface area contributed by atoms with E-state index in [9.17, 15) is 4.57 Å². The van der Waals surface area contributed by atoms with Gasteiger partial charge >= 0.3 is 6.30 Å². The van der Waals surface area contributed by atoms with E-state index in [-0.39, 0.29) is 0 Å². The molecule has 0 radical (unpaired) electrons. The van der Waals surface area contributed by atoms with Gasteiger partial charge in [-0.1, -0.05) is 51.9 Å². The molecule has 3 nitrogen and oxygen atoms in total. The molecule has 0 aliphatic rings. The van der Waals surface area contributed by atoms with Gasteiger partial charge in [0.1, 0.15) is 0 Å². The Kier molecular flexibility index (Phi) is 10.2. The van der Waals surface area contributed by atoms with Gasteiger partial charge in [0.05, 0.1) is 6.61 Å². The van der Waals surface area contributed by atoms with Crippen molar-refractivity contribution >= 4 is 21.8 Å². The van der Waals surface area contributed by atoms with Gasteiger partial charge in [-0.2, -0.15) is 0 Å². The van der Waals surface area contributed by atoms with E-state index in [1.165, 1.54) is 38.5 Å². The largest absolute Gasteiger partial charge is 0.393 e. The summed E-state index contributed by atoms with van der Waals surface area (Å²) in [5.41, 5.74) is 0. The highest BCUT2D eigenvalue weighted by Crippen LogP contribution is 2.50. The SMILES string of the molecule is CCCCCCCCCCOP(=O)(O)Br. The van der Waals surface area contributed by atoms with Crippen molar-refractivity contribution in [3.8, 4) is 0 Å². The van der Waals surface area contributed by atoms with Gasteiger partial charge in [0.15, 0.2) is 0 Å². The monoisotopic (exact) mass is 300 g/mol. The number of hydrogen-bond donors (Lipinski definition) is 1. The molecule has 0 saturated carbocycles. The van der Waals surface area contributed by atoms with E-state index >= 15 is 0 Å². The van der Waals surface area contributed by atoms with E-state index in [4.69, 9.17) is 9.42 Å². The molecule has 5 heteroatoms. The van der Waals surface area contributed by atoms with Crippen LogP contribution in [0.2, 0.25) is 0 Å². The Bertz CT molecular complexity index is 182. The summed E-state index contributed by atoms with van der Waals surface area (Å²) < 4.78 is 15.4. The van der Waals surface area contributed by atoms with Gasteiger partial charge in [-0.3, -0.25) is 0 Å². The van der Waals surface area contributed by atoms with E-state index in [0.717, 1.165) is 12.8 Å².